The number of piperazine rings is 1. The normalized spacial score (nSPS) is 18.5. The van der Waals surface area contributed by atoms with E-state index in [0.717, 1.165) is 12.8 Å². The van der Waals surface area contributed by atoms with E-state index in [1.807, 2.05) is 46.8 Å². The monoisotopic (exact) mass is 430 g/mol. The first kappa shape index (κ1) is 24.7. The van der Waals surface area contributed by atoms with Gasteiger partial charge in [-0.15, -0.1) is 0 Å². The third kappa shape index (κ3) is 6.45. The predicted molar refractivity (Wildman–Crippen MR) is 123 cm³/mol. The van der Waals surface area contributed by atoms with Crippen LogP contribution in [0.1, 0.15) is 63.9 Å². The van der Waals surface area contributed by atoms with E-state index in [9.17, 15) is 14.4 Å². The van der Waals surface area contributed by atoms with Crippen LogP contribution < -0.4 is 10.6 Å². The summed E-state index contributed by atoms with van der Waals surface area (Å²) in [6, 6.07) is 6.78. The van der Waals surface area contributed by atoms with Crippen LogP contribution in [0.15, 0.2) is 24.3 Å². The van der Waals surface area contributed by atoms with Gasteiger partial charge in [0.2, 0.25) is 5.91 Å². The predicted octanol–water partition coefficient (Wildman–Crippen LogP) is 3.04. The number of carbonyl (C=O) groups excluding carboxylic acids is 3. The van der Waals surface area contributed by atoms with Gasteiger partial charge in [-0.3, -0.25) is 9.59 Å². The highest BCUT2D eigenvalue weighted by Gasteiger charge is 2.35. The Kier molecular flexibility index (Phi) is 8.89. The Hall–Kier alpha value is -2.57. The molecular weight excluding hydrogens is 392 g/mol. The number of amides is 4. The number of carbonyl (C=O) groups is 3. The van der Waals surface area contributed by atoms with Crippen molar-refractivity contribution in [2.45, 2.75) is 72.5 Å². The molecule has 172 valence electrons. The maximum atomic E-state index is 13.4. The summed E-state index contributed by atoms with van der Waals surface area (Å²) in [6.45, 7) is 13.3. The number of urea groups is 1. The second-order valence-electron chi connectivity index (χ2n) is 8.82. The molecule has 0 aliphatic carbocycles. The first-order chi connectivity index (χ1) is 14.7. The van der Waals surface area contributed by atoms with Crippen molar-refractivity contribution in [3.8, 4) is 0 Å². The number of nitrogens with zero attached hydrogens (tertiary/aromatic N) is 2. The summed E-state index contributed by atoms with van der Waals surface area (Å²) in [5, 5.41) is 5.89. The summed E-state index contributed by atoms with van der Waals surface area (Å²) < 4.78 is 0. The Bertz CT molecular complexity index is 763. The third-order valence-electron chi connectivity index (χ3n) is 6.00. The van der Waals surface area contributed by atoms with Gasteiger partial charge in [-0.2, -0.15) is 0 Å². The number of rotatable bonds is 7. The maximum absolute atomic E-state index is 13.4. The summed E-state index contributed by atoms with van der Waals surface area (Å²) >= 11 is 0. The van der Waals surface area contributed by atoms with Crippen molar-refractivity contribution >= 4 is 17.8 Å². The van der Waals surface area contributed by atoms with Crippen LogP contribution in [0, 0.1) is 5.92 Å². The fourth-order valence-electron chi connectivity index (χ4n) is 3.79. The highest BCUT2D eigenvalue weighted by Crippen LogP contribution is 2.17. The van der Waals surface area contributed by atoms with Crippen LogP contribution in [0.4, 0.5) is 4.79 Å². The lowest BCUT2D eigenvalue weighted by Gasteiger charge is -2.41. The van der Waals surface area contributed by atoms with Crippen LogP contribution in [0.5, 0.6) is 0 Å². The molecule has 0 aromatic heterocycles. The van der Waals surface area contributed by atoms with Gasteiger partial charge in [-0.1, -0.05) is 39.3 Å². The number of benzene rings is 1. The minimum absolute atomic E-state index is 0.00365. The van der Waals surface area contributed by atoms with Crippen LogP contribution in [0.3, 0.4) is 0 Å². The number of hydrogen-bond acceptors (Lipinski definition) is 3. The van der Waals surface area contributed by atoms with Crippen molar-refractivity contribution in [3.05, 3.63) is 35.4 Å². The Labute approximate surface area is 186 Å². The van der Waals surface area contributed by atoms with Crippen LogP contribution in [0.2, 0.25) is 0 Å². The average molecular weight is 431 g/mol. The minimum atomic E-state index is -0.591. The summed E-state index contributed by atoms with van der Waals surface area (Å²) in [5.74, 6) is -0.308. The molecule has 0 radical (unpaired) electrons. The lowest BCUT2D eigenvalue weighted by molar-refractivity contribution is -0.136. The van der Waals surface area contributed by atoms with E-state index < -0.39 is 6.04 Å². The molecule has 0 saturated carbocycles. The van der Waals surface area contributed by atoms with Gasteiger partial charge in [0, 0.05) is 37.3 Å². The summed E-state index contributed by atoms with van der Waals surface area (Å²) in [7, 11) is 0. The molecule has 1 heterocycles. The fraction of sp³-hybridized carbons (Fsp3) is 0.625. The van der Waals surface area contributed by atoms with E-state index in [0.29, 0.717) is 25.2 Å². The maximum Gasteiger partial charge on any atom is 0.317 e. The Morgan fingerprint density at radius 1 is 1.03 bits per heavy atom. The Balaban J connectivity index is 2.07. The zero-order valence-corrected chi connectivity index (χ0v) is 19.8. The van der Waals surface area contributed by atoms with Gasteiger partial charge in [0.25, 0.3) is 5.91 Å². The van der Waals surface area contributed by atoms with Gasteiger partial charge in [0.15, 0.2) is 0 Å². The molecule has 1 aromatic rings. The van der Waals surface area contributed by atoms with Crippen LogP contribution in [0.25, 0.3) is 0 Å². The second kappa shape index (κ2) is 11.2. The van der Waals surface area contributed by atoms with Crippen LogP contribution in [-0.4, -0.2) is 65.4 Å². The van der Waals surface area contributed by atoms with E-state index in [2.05, 4.69) is 17.6 Å². The van der Waals surface area contributed by atoms with Crippen molar-refractivity contribution in [1.82, 2.24) is 20.4 Å². The van der Waals surface area contributed by atoms with Crippen molar-refractivity contribution in [2.75, 3.05) is 19.6 Å². The average Bonchev–Trinajstić information content (AvgIpc) is 2.75. The zero-order chi connectivity index (χ0) is 23.1. The first-order valence-electron chi connectivity index (χ1n) is 11.4. The molecule has 7 nitrogen and oxygen atoms in total. The molecule has 1 saturated heterocycles. The SMILES string of the molecule is CCc1ccc(C(=O)NC(C(=O)N2CCN(C(=O)NC(C)C)C(C)C2)C(C)CC)cc1. The van der Waals surface area contributed by atoms with Crippen molar-refractivity contribution in [1.29, 1.82) is 0 Å². The highest BCUT2D eigenvalue weighted by atomic mass is 16.2. The lowest BCUT2D eigenvalue weighted by atomic mass is 9.96. The Morgan fingerprint density at radius 3 is 2.19 bits per heavy atom. The molecule has 7 heteroatoms. The van der Waals surface area contributed by atoms with Crippen molar-refractivity contribution in [2.24, 2.45) is 5.92 Å². The van der Waals surface area contributed by atoms with Crippen molar-refractivity contribution in [3.63, 3.8) is 0 Å². The van der Waals surface area contributed by atoms with Gasteiger partial charge in [0.05, 0.1) is 0 Å². The second-order valence-corrected chi connectivity index (χ2v) is 8.82. The molecule has 4 amide bonds. The van der Waals surface area contributed by atoms with E-state index in [-0.39, 0.29) is 35.8 Å². The molecule has 0 spiro atoms. The van der Waals surface area contributed by atoms with E-state index in [1.165, 1.54) is 5.56 Å². The standard InChI is InChI=1S/C24H38N4O3/c1-7-17(5)21(26-22(29)20-11-9-19(8-2)10-12-20)23(30)27-13-14-28(18(6)15-27)24(31)25-16(3)4/h9-12,16-18,21H,7-8,13-15H2,1-6H3,(H,25,31)(H,26,29). The molecule has 2 N–H and O–H groups in total. The topological polar surface area (TPSA) is 81.8 Å². The van der Waals surface area contributed by atoms with E-state index >= 15 is 0 Å². The molecule has 1 aromatic carbocycles. The largest absolute Gasteiger partial charge is 0.340 e. The van der Waals surface area contributed by atoms with Gasteiger partial charge in [0.1, 0.15) is 6.04 Å². The van der Waals surface area contributed by atoms with Gasteiger partial charge >= 0.3 is 6.03 Å². The van der Waals surface area contributed by atoms with E-state index in [4.69, 9.17) is 0 Å². The highest BCUT2D eigenvalue weighted by molar-refractivity contribution is 5.97. The molecule has 0 bridgehead atoms. The summed E-state index contributed by atoms with van der Waals surface area (Å²) in [5.41, 5.74) is 1.72. The van der Waals surface area contributed by atoms with Crippen LogP contribution >= 0.6 is 0 Å². The molecule has 1 aliphatic heterocycles. The van der Waals surface area contributed by atoms with E-state index in [1.54, 1.807) is 21.9 Å². The molecule has 3 atom stereocenters. The minimum Gasteiger partial charge on any atom is -0.340 e. The molecule has 2 rings (SSSR count). The Morgan fingerprint density at radius 2 is 1.68 bits per heavy atom. The first-order valence-corrected chi connectivity index (χ1v) is 11.4. The molecule has 1 aliphatic rings. The number of hydrogen-bond donors (Lipinski definition) is 2. The number of aryl methyl sites for hydroxylation is 1. The van der Waals surface area contributed by atoms with Gasteiger partial charge in [-0.25, -0.2) is 4.79 Å². The van der Waals surface area contributed by atoms with Gasteiger partial charge < -0.3 is 20.4 Å². The summed E-state index contributed by atoms with van der Waals surface area (Å²) in [6.07, 6.45) is 1.69. The number of nitrogens with one attached hydrogen (secondary N) is 2. The third-order valence-corrected chi connectivity index (χ3v) is 6.00. The smallest absolute Gasteiger partial charge is 0.317 e. The molecule has 3 unspecified atom stereocenters. The van der Waals surface area contributed by atoms with Crippen LogP contribution in [-0.2, 0) is 11.2 Å². The molecular formula is C24H38N4O3. The molecule has 1 fully saturated rings. The molecule has 31 heavy (non-hydrogen) atoms. The lowest BCUT2D eigenvalue weighted by Crippen LogP contribution is -2.61. The quantitative estimate of drug-likeness (QED) is 0.698. The summed E-state index contributed by atoms with van der Waals surface area (Å²) in [4.78, 5) is 42.1. The van der Waals surface area contributed by atoms with Gasteiger partial charge in [-0.05, 0) is 50.8 Å². The van der Waals surface area contributed by atoms with Crippen molar-refractivity contribution < 1.29 is 14.4 Å². The zero-order valence-electron chi connectivity index (χ0n) is 19.8. The fourth-order valence-corrected chi connectivity index (χ4v) is 3.79.